The smallest absolute Gasteiger partial charge is 0.126 e. The summed E-state index contributed by atoms with van der Waals surface area (Å²) in [6, 6.07) is 6.68. The number of anilines is 1. The van der Waals surface area contributed by atoms with Crippen molar-refractivity contribution in [1.29, 1.82) is 5.26 Å². The molecule has 0 aliphatic heterocycles. The van der Waals surface area contributed by atoms with Crippen LogP contribution >= 0.6 is 0 Å². The molecule has 0 heterocycles. The standard InChI is InChI=1S/C12H15FN2/c1-4-9(2)15(3)12-6-10(8-14)5-11(13)7-12/h5-7,9H,4H2,1-3H3. The normalized spacial score (nSPS) is 11.9. The lowest BCUT2D eigenvalue weighted by molar-refractivity contribution is 0.621. The molecule has 0 saturated heterocycles. The van der Waals surface area contributed by atoms with E-state index in [1.165, 1.54) is 12.1 Å². The van der Waals surface area contributed by atoms with Gasteiger partial charge in [0.1, 0.15) is 5.82 Å². The van der Waals surface area contributed by atoms with Crippen molar-refractivity contribution >= 4 is 5.69 Å². The van der Waals surface area contributed by atoms with Crippen LogP contribution in [0.25, 0.3) is 0 Å². The van der Waals surface area contributed by atoms with Crippen molar-refractivity contribution in [3.8, 4) is 6.07 Å². The van der Waals surface area contributed by atoms with Gasteiger partial charge in [-0.15, -0.1) is 0 Å². The van der Waals surface area contributed by atoms with Gasteiger partial charge in [0, 0.05) is 18.8 Å². The molecule has 0 saturated carbocycles. The Morgan fingerprint density at radius 2 is 2.13 bits per heavy atom. The number of hydrogen-bond donors (Lipinski definition) is 0. The summed E-state index contributed by atoms with van der Waals surface area (Å²) < 4.78 is 13.2. The molecular formula is C12H15FN2. The van der Waals surface area contributed by atoms with Crippen molar-refractivity contribution in [3.05, 3.63) is 29.6 Å². The van der Waals surface area contributed by atoms with Gasteiger partial charge >= 0.3 is 0 Å². The van der Waals surface area contributed by atoms with E-state index in [9.17, 15) is 4.39 Å². The fraction of sp³-hybridized carbons (Fsp3) is 0.417. The lowest BCUT2D eigenvalue weighted by Gasteiger charge is -2.26. The van der Waals surface area contributed by atoms with Crippen LogP contribution in [0.2, 0.25) is 0 Å². The number of benzene rings is 1. The number of rotatable bonds is 3. The number of halogens is 1. The van der Waals surface area contributed by atoms with E-state index >= 15 is 0 Å². The Labute approximate surface area is 89.9 Å². The second-order valence-electron chi connectivity index (χ2n) is 3.68. The maximum Gasteiger partial charge on any atom is 0.126 e. The Kier molecular flexibility index (Phi) is 3.68. The van der Waals surface area contributed by atoms with Crippen molar-refractivity contribution in [2.75, 3.05) is 11.9 Å². The minimum atomic E-state index is -0.362. The van der Waals surface area contributed by atoms with Gasteiger partial charge < -0.3 is 4.90 Å². The molecule has 0 aliphatic carbocycles. The first-order valence-corrected chi connectivity index (χ1v) is 5.02. The molecule has 0 fully saturated rings. The molecule has 1 atom stereocenters. The van der Waals surface area contributed by atoms with E-state index in [4.69, 9.17) is 5.26 Å². The first-order valence-electron chi connectivity index (χ1n) is 5.02. The molecule has 0 amide bonds. The third kappa shape index (κ3) is 2.69. The molecule has 1 aromatic carbocycles. The van der Waals surface area contributed by atoms with Crippen molar-refractivity contribution in [1.82, 2.24) is 0 Å². The highest BCUT2D eigenvalue weighted by Gasteiger charge is 2.09. The fourth-order valence-electron chi connectivity index (χ4n) is 1.37. The molecule has 0 radical (unpaired) electrons. The molecule has 0 aromatic heterocycles. The van der Waals surface area contributed by atoms with E-state index in [-0.39, 0.29) is 5.82 Å². The second kappa shape index (κ2) is 4.79. The number of hydrogen-bond acceptors (Lipinski definition) is 2. The lowest BCUT2D eigenvalue weighted by Crippen LogP contribution is -2.28. The molecule has 1 aromatic rings. The van der Waals surface area contributed by atoms with Gasteiger partial charge in [-0.05, 0) is 31.5 Å². The largest absolute Gasteiger partial charge is 0.372 e. The summed E-state index contributed by atoms with van der Waals surface area (Å²) in [5.74, 6) is -0.362. The van der Waals surface area contributed by atoms with Crippen LogP contribution in [-0.2, 0) is 0 Å². The fourth-order valence-corrected chi connectivity index (χ4v) is 1.37. The van der Waals surface area contributed by atoms with Crippen molar-refractivity contribution in [3.63, 3.8) is 0 Å². The average Bonchev–Trinajstić information content (AvgIpc) is 2.26. The zero-order valence-corrected chi connectivity index (χ0v) is 9.29. The Bertz CT molecular complexity index is 382. The van der Waals surface area contributed by atoms with Gasteiger partial charge in [-0.3, -0.25) is 0 Å². The average molecular weight is 206 g/mol. The van der Waals surface area contributed by atoms with Crippen LogP contribution in [0.4, 0.5) is 10.1 Å². The summed E-state index contributed by atoms with van der Waals surface area (Å²) in [5.41, 5.74) is 1.11. The molecular weight excluding hydrogens is 191 g/mol. The zero-order chi connectivity index (χ0) is 11.4. The molecule has 1 rings (SSSR count). The molecule has 80 valence electrons. The minimum absolute atomic E-state index is 0.332. The first kappa shape index (κ1) is 11.5. The van der Waals surface area contributed by atoms with Gasteiger partial charge in [-0.25, -0.2) is 4.39 Å². The van der Waals surface area contributed by atoms with E-state index < -0.39 is 0 Å². The highest BCUT2D eigenvalue weighted by molar-refractivity contribution is 5.52. The molecule has 3 heteroatoms. The monoisotopic (exact) mass is 206 g/mol. The van der Waals surface area contributed by atoms with Gasteiger partial charge in [-0.2, -0.15) is 5.26 Å². The molecule has 1 unspecified atom stereocenters. The van der Waals surface area contributed by atoms with Gasteiger partial charge in [0.05, 0.1) is 11.6 Å². The van der Waals surface area contributed by atoms with Crippen LogP contribution in [-0.4, -0.2) is 13.1 Å². The summed E-state index contributed by atoms with van der Waals surface area (Å²) in [6.07, 6.45) is 0.981. The van der Waals surface area contributed by atoms with Gasteiger partial charge in [0.25, 0.3) is 0 Å². The Balaban J connectivity index is 3.04. The van der Waals surface area contributed by atoms with Crippen LogP contribution < -0.4 is 4.90 Å². The molecule has 0 N–H and O–H groups in total. The van der Waals surface area contributed by atoms with Crippen LogP contribution in [0.5, 0.6) is 0 Å². The minimum Gasteiger partial charge on any atom is -0.372 e. The maximum absolute atomic E-state index is 13.2. The third-order valence-corrected chi connectivity index (χ3v) is 2.67. The Hall–Kier alpha value is -1.56. The second-order valence-corrected chi connectivity index (χ2v) is 3.68. The number of nitriles is 1. The first-order chi connectivity index (χ1) is 7.08. The van der Waals surface area contributed by atoms with E-state index in [1.54, 1.807) is 6.07 Å². The van der Waals surface area contributed by atoms with Crippen LogP contribution in [0, 0.1) is 17.1 Å². The molecule has 0 bridgehead atoms. The van der Waals surface area contributed by atoms with E-state index in [1.807, 2.05) is 18.0 Å². The summed E-state index contributed by atoms with van der Waals surface area (Å²) >= 11 is 0. The number of nitrogens with zero attached hydrogens (tertiary/aromatic N) is 2. The van der Waals surface area contributed by atoms with Crippen molar-refractivity contribution in [2.24, 2.45) is 0 Å². The van der Waals surface area contributed by atoms with Crippen LogP contribution in [0.3, 0.4) is 0 Å². The molecule has 2 nitrogen and oxygen atoms in total. The van der Waals surface area contributed by atoms with Crippen LogP contribution in [0.1, 0.15) is 25.8 Å². The highest BCUT2D eigenvalue weighted by atomic mass is 19.1. The van der Waals surface area contributed by atoms with Crippen molar-refractivity contribution in [2.45, 2.75) is 26.3 Å². The topological polar surface area (TPSA) is 27.0 Å². The van der Waals surface area contributed by atoms with Gasteiger partial charge in [0.15, 0.2) is 0 Å². The predicted molar refractivity (Wildman–Crippen MR) is 59.3 cm³/mol. The zero-order valence-electron chi connectivity index (χ0n) is 9.29. The quantitative estimate of drug-likeness (QED) is 0.760. The summed E-state index contributed by atoms with van der Waals surface area (Å²) in [5, 5.41) is 8.73. The van der Waals surface area contributed by atoms with E-state index in [0.29, 0.717) is 11.6 Å². The SMILES string of the molecule is CCC(C)N(C)c1cc(F)cc(C#N)c1. The Morgan fingerprint density at radius 1 is 1.47 bits per heavy atom. The van der Waals surface area contributed by atoms with E-state index in [2.05, 4.69) is 13.8 Å². The summed E-state index contributed by atoms with van der Waals surface area (Å²) in [4.78, 5) is 1.98. The lowest BCUT2D eigenvalue weighted by atomic mass is 10.1. The summed E-state index contributed by atoms with van der Waals surface area (Å²) in [6.45, 7) is 4.14. The molecule has 0 spiro atoms. The van der Waals surface area contributed by atoms with E-state index in [0.717, 1.165) is 12.1 Å². The third-order valence-electron chi connectivity index (χ3n) is 2.67. The highest BCUT2D eigenvalue weighted by Crippen LogP contribution is 2.19. The molecule has 15 heavy (non-hydrogen) atoms. The van der Waals surface area contributed by atoms with Crippen LogP contribution in [0.15, 0.2) is 18.2 Å². The Morgan fingerprint density at radius 3 is 2.67 bits per heavy atom. The van der Waals surface area contributed by atoms with Gasteiger partial charge in [-0.1, -0.05) is 6.92 Å². The molecule has 0 aliphatic rings. The summed E-state index contributed by atoms with van der Waals surface area (Å²) in [7, 11) is 1.91. The van der Waals surface area contributed by atoms with Gasteiger partial charge in [0.2, 0.25) is 0 Å². The maximum atomic E-state index is 13.2. The predicted octanol–water partition coefficient (Wildman–Crippen LogP) is 2.93. The van der Waals surface area contributed by atoms with Crippen molar-refractivity contribution < 1.29 is 4.39 Å².